The summed E-state index contributed by atoms with van der Waals surface area (Å²) in [5.74, 6) is 0.925. The van der Waals surface area contributed by atoms with Crippen LogP contribution in [0.3, 0.4) is 0 Å². The van der Waals surface area contributed by atoms with E-state index < -0.39 is 0 Å². The Morgan fingerprint density at radius 3 is 2.89 bits per heavy atom. The van der Waals surface area contributed by atoms with Gasteiger partial charge in [0, 0.05) is 24.6 Å². The fraction of sp³-hybridized carbons (Fsp3) is 0.429. The maximum absolute atomic E-state index is 4.41. The summed E-state index contributed by atoms with van der Waals surface area (Å²) in [5, 5.41) is 3.53. The quantitative estimate of drug-likeness (QED) is 0.899. The second kappa shape index (κ2) is 4.80. The minimum absolute atomic E-state index is 0.573. The summed E-state index contributed by atoms with van der Waals surface area (Å²) in [7, 11) is 0. The molecule has 18 heavy (non-hydrogen) atoms. The normalized spacial score (nSPS) is 16.1. The number of aromatic nitrogens is 3. The largest absolute Gasteiger partial charge is 0.353 e. The summed E-state index contributed by atoms with van der Waals surface area (Å²) in [6.45, 7) is 2.05. The highest BCUT2D eigenvalue weighted by Gasteiger charge is 2.16. The molecule has 1 N–H and O–H groups in total. The number of imidazole rings is 1. The van der Waals surface area contributed by atoms with Gasteiger partial charge in [0.1, 0.15) is 0 Å². The molecule has 0 atom stereocenters. The van der Waals surface area contributed by atoms with Crippen LogP contribution in [-0.2, 0) is 0 Å². The Balaban J connectivity index is 1.86. The van der Waals surface area contributed by atoms with E-state index in [1.54, 1.807) is 0 Å². The van der Waals surface area contributed by atoms with Crippen molar-refractivity contribution < 1.29 is 0 Å². The average molecular weight is 242 g/mol. The van der Waals surface area contributed by atoms with Crippen LogP contribution in [0.1, 0.15) is 31.2 Å². The molecule has 0 aromatic carbocycles. The monoisotopic (exact) mass is 242 g/mol. The Bertz CT molecular complexity index is 526. The second-order valence-electron chi connectivity index (χ2n) is 4.97. The van der Waals surface area contributed by atoms with Crippen LogP contribution in [0.15, 0.2) is 30.9 Å². The summed E-state index contributed by atoms with van der Waals surface area (Å²) in [5.41, 5.74) is 2.22. The van der Waals surface area contributed by atoms with Crippen molar-refractivity contribution in [3.05, 3.63) is 36.4 Å². The number of hydrogen-bond acceptors (Lipinski definition) is 3. The predicted molar refractivity (Wildman–Crippen MR) is 72.0 cm³/mol. The molecule has 94 valence electrons. The van der Waals surface area contributed by atoms with Crippen LogP contribution in [-0.4, -0.2) is 20.6 Å². The van der Waals surface area contributed by atoms with E-state index in [4.69, 9.17) is 0 Å². The highest BCUT2D eigenvalue weighted by atomic mass is 15.2. The minimum Gasteiger partial charge on any atom is -0.353 e. The molecule has 3 rings (SSSR count). The lowest BCUT2D eigenvalue weighted by Crippen LogP contribution is -2.17. The van der Waals surface area contributed by atoms with E-state index in [-0.39, 0.29) is 0 Å². The molecule has 1 fully saturated rings. The van der Waals surface area contributed by atoms with Crippen LogP contribution in [0.25, 0.3) is 5.69 Å². The molecule has 0 spiro atoms. The van der Waals surface area contributed by atoms with Gasteiger partial charge in [-0.05, 0) is 31.4 Å². The number of rotatable bonds is 3. The van der Waals surface area contributed by atoms with Crippen molar-refractivity contribution in [2.24, 2.45) is 0 Å². The van der Waals surface area contributed by atoms with Crippen LogP contribution in [0.4, 0.5) is 5.95 Å². The van der Waals surface area contributed by atoms with Gasteiger partial charge in [-0.2, -0.15) is 0 Å². The summed E-state index contributed by atoms with van der Waals surface area (Å²) in [6, 6.07) is 2.69. The van der Waals surface area contributed by atoms with Crippen molar-refractivity contribution in [2.45, 2.75) is 38.6 Å². The smallest absolute Gasteiger partial charge is 0.207 e. The Kier molecular flexibility index (Phi) is 3.00. The number of nitrogens with one attached hydrogen (secondary N) is 1. The molecular weight excluding hydrogens is 224 g/mol. The van der Waals surface area contributed by atoms with E-state index in [9.17, 15) is 0 Å². The first-order valence-electron chi connectivity index (χ1n) is 6.55. The average Bonchev–Trinajstić information content (AvgIpc) is 3.01. The molecule has 0 amide bonds. The molecule has 1 aliphatic rings. The Labute approximate surface area is 107 Å². The maximum Gasteiger partial charge on any atom is 0.207 e. The highest BCUT2D eigenvalue weighted by molar-refractivity contribution is 5.42. The van der Waals surface area contributed by atoms with Crippen molar-refractivity contribution in [2.75, 3.05) is 5.32 Å². The van der Waals surface area contributed by atoms with Gasteiger partial charge in [0.25, 0.3) is 0 Å². The Morgan fingerprint density at radius 2 is 2.11 bits per heavy atom. The van der Waals surface area contributed by atoms with Crippen LogP contribution in [0, 0.1) is 6.92 Å². The van der Waals surface area contributed by atoms with E-state index in [1.165, 1.54) is 25.7 Å². The zero-order valence-corrected chi connectivity index (χ0v) is 10.6. The van der Waals surface area contributed by atoms with Crippen molar-refractivity contribution in [1.82, 2.24) is 14.5 Å². The molecule has 4 nitrogen and oxygen atoms in total. The van der Waals surface area contributed by atoms with Crippen LogP contribution >= 0.6 is 0 Å². The van der Waals surface area contributed by atoms with Gasteiger partial charge in [0.15, 0.2) is 0 Å². The zero-order chi connectivity index (χ0) is 12.4. The Morgan fingerprint density at radius 1 is 1.28 bits per heavy atom. The van der Waals surface area contributed by atoms with Crippen LogP contribution < -0.4 is 5.32 Å². The van der Waals surface area contributed by atoms with Crippen molar-refractivity contribution in [3.8, 4) is 5.69 Å². The van der Waals surface area contributed by atoms with Gasteiger partial charge in [-0.1, -0.05) is 12.8 Å². The van der Waals surface area contributed by atoms with E-state index in [1.807, 2.05) is 24.8 Å². The fourth-order valence-corrected chi connectivity index (χ4v) is 2.54. The number of pyridine rings is 1. The SMILES string of the molecule is Cc1cncc(-n2ccnc2NC2CCCC2)c1. The van der Waals surface area contributed by atoms with E-state index in [0.29, 0.717) is 6.04 Å². The van der Waals surface area contributed by atoms with Crippen molar-refractivity contribution in [3.63, 3.8) is 0 Å². The van der Waals surface area contributed by atoms with Gasteiger partial charge in [-0.15, -0.1) is 0 Å². The lowest BCUT2D eigenvalue weighted by atomic mass is 10.2. The first-order chi connectivity index (χ1) is 8.83. The van der Waals surface area contributed by atoms with Gasteiger partial charge < -0.3 is 5.32 Å². The van der Waals surface area contributed by atoms with Gasteiger partial charge in [0.2, 0.25) is 5.95 Å². The molecule has 0 unspecified atom stereocenters. The van der Waals surface area contributed by atoms with E-state index in [2.05, 4.69) is 32.8 Å². The first-order valence-corrected chi connectivity index (χ1v) is 6.55. The molecule has 1 aliphatic carbocycles. The van der Waals surface area contributed by atoms with Gasteiger partial charge in [-0.25, -0.2) is 4.98 Å². The third-order valence-corrected chi connectivity index (χ3v) is 3.47. The summed E-state index contributed by atoms with van der Waals surface area (Å²) >= 11 is 0. The van der Waals surface area contributed by atoms with Gasteiger partial charge in [-0.3, -0.25) is 9.55 Å². The number of aryl methyl sites for hydroxylation is 1. The highest BCUT2D eigenvalue weighted by Crippen LogP contribution is 2.23. The third kappa shape index (κ3) is 2.23. The molecule has 0 saturated heterocycles. The topological polar surface area (TPSA) is 42.7 Å². The molecule has 1 saturated carbocycles. The van der Waals surface area contributed by atoms with E-state index >= 15 is 0 Å². The number of hydrogen-bond donors (Lipinski definition) is 1. The van der Waals surface area contributed by atoms with Gasteiger partial charge in [0.05, 0.1) is 11.9 Å². The zero-order valence-electron chi connectivity index (χ0n) is 10.6. The lowest BCUT2D eigenvalue weighted by molar-refractivity contribution is 0.740. The molecule has 4 heteroatoms. The van der Waals surface area contributed by atoms with Gasteiger partial charge >= 0.3 is 0 Å². The summed E-state index contributed by atoms with van der Waals surface area (Å²) < 4.78 is 2.07. The van der Waals surface area contributed by atoms with E-state index in [0.717, 1.165) is 17.2 Å². The third-order valence-electron chi connectivity index (χ3n) is 3.47. The Hall–Kier alpha value is -1.84. The molecular formula is C14H18N4. The number of nitrogens with zero attached hydrogens (tertiary/aromatic N) is 3. The molecule has 0 bridgehead atoms. The van der Waals surface area contributed by atoms with Crippen molar-refractivity contribution in [1.29, 1.82) is 0 Å². The lowest BCUT2D eigenvalue weighted by Gasteiger charge is -2.14. The standard InChI is InChI=1S/C14H18N4/c1-11-8-13(10-15-9-11)18-7-6-16-14(18)17-12-4-2-3-5-12/h6-10,12H,2-5H2,1H3,(H,16,17). The molecule has 2 aromatic rings. The molecule has 2 aromatic heterocycles. The van der Waals surface area contributed by atoms with Crippen LogP contribution in [0.5, 0.6) is 0 Å². The summed E-state index contributed by atoms with van der Waals surface area (Å²) in [4.78, 5) is 8.65. The molecule has 2 heterocycles. The maximum atomic E-state index is 4.41. The second-order valence-corrected chi connectivity index (χ2v) is 4.97. The fourth-order valence-electron chi connectivity index (χ4n) is 2.54. The predicted octanol–water partition coefficient (Wildman–Crippen LogP) is 2.93. The van der Waals surface area contributed by atoms with Crippen LogP contribution in [0.2, 0.25) is 0 Å². The molecule has 0 radical (unpaired) electrons. The minimum atomic E-state index is 0.573. The molecule has 0 aliphatic heterocycles. The van der Waals surface area contributed by atoms with Crippen molar-refractivity contribution >= 4 is 5.95 Å². The summed E-state index contributed by atoms with van der Waals surface area (Å²) in [6.07, 6.45) is 12.7. The first kappa shape index (κ1) is 11.3. The number of anilines is 1.